The van der Waals surface area contributed by atoms with Gasteiger partial charge in [-0.25, -0.2) is 4.79 Å². The van der Waals surface area contributed by atoms with Crippen LogP contribution in [0.1, 0.15) is 16.2 Å². The van der Waals surface area contributed by atoms with Gasteiger partial charge in [-0.15, -0.1) is 0 Å². The molecule has 10 nitrogen and oxygen atoms in total. The normalized spacial score (nSPS) is 11.3. The lowest BCUT2D eigenvalue weighted by molar-refractivity contribution is 0.0593. The molecule has 0 aliphatic heterocycles. The van der Waals surface area contributed by atoms with Crippen LogP contribution in [0.25, 0.3) is 11.1 Å². The van der Waals surface area contributed by atoms with E-state index < -0.39 is 21.8 Å². The Kier molecular flexibility index (Phi) is 8.12. The van der Waals surface area contributed by atoms with E-state index in [1.807, 2.05) is 0 Å². The lowest BCUT2D eigenvalue weighted by Crippen LogP contribution is -2.22. The van der Waals surface area contributed by atoms with Crippen molar-refractivity contribution < 1.29 is 36.7 Å². The van der Waals surface area contributed by atoms with E-state index >= 15 is 0 Å². The van der Waals surface area contributed by atoms with Crippen LogP contribution in [0, 0.1) is 0 Å². The third-order valence-corrected chi connectivity index (χ3v) is 5.73. The van der Waals surface area contributed by atoms with Gasteiger partial charge < -0.3 is 29.2 Å². The van der Waals surface area contributed by atoms with Gasteiger partial charge in [-0.1, -0.05) is 0 Å². The summed E-state index contributed by atoms with van der Waals surface area (Å²) in [5.74, 6) is 0.175. The SMILES string of the molecule is COC(=O)c1[nH]c(CNCCS(=O)(=O)O)c(-c2ccc(OC)c(OC)c2OC)c1Br. The van der Waals surface area contributed by atoms with Crippen molar-refractivity contribution in [2.75, 3.05) is 40.7 Å². The number of aromatic nitrogens is 1. The van der Waals surface area contributed by atoms with E-state index in [0.717, 1.165) is 0 Å². The second-order valence-corrected chi connectivity index (χ2v) is 8.37. The first-order chi connectivity index (χ1) is 14.2. The highest BCUT2D eigenvalue weighted by atomic mass is 79.9. The maximum Gasteiger partial charge on any atom is 0.355 e. The molecule has 0 atom stereocenters. The number of aromatic amines is 1. The molecule has 0 aliphatic carbocycles. The number of ether oxygens (including phenoxy) is 4. The van der Waals surface area contributed by atoms with Gasteiger partial charge in [-0.2, -0.15) is 8.42 Å². The summed E-state index contributed by atoms with van der Waals surface area (Å²) in [6, 6.07) is 3.44. The molecule has 1 heterocycles. The second kappa shape index (κ2) is 10.2. The van der Waals surface area contributed by atoms with Crippen LogP contribution in [0.5, 0.6) is 17.2 Å². The molecule has 0 amide bonds. The summed E-state index contributed by atoms with van der Waals surface area (Å²) in [7, 11) is 1.63. The number of halogens is 1. The fraction of sp³-hybridized carbons (Fsp3) is 0.389. The van der Waals surface area contributed by atoms with Crippen molar-refractivity contribution >= 4 is 32.0 Å². The van der Waals surface area contributed by atoms with E-state index in [4.69, 9.17) is 23.5 Å². The zero-order valence-corrected chi connectivity index (χ0v) is 19.3. The molecule has 0 spiro atoms. The van der Waals surface area contributed by atoms with Gasteiger partial charge in [0.25, 0.3) is 10.1 Å². The van der Waals surface area contributed by atoms with Crippen molar-refractivity contribution in [1.82, 2.24) is 10.3 Å². The zero-order valence-electron chi connectivity index (χ0n) is 16.9. The number of H-pyrrole nitrogens is 1. The molecule has 0 fully saturated rings. The maximum absolute atomic E-state index is 12.2. The molecular formula is C18H23BrN2O8S. The summed E-state index contributed by atoms with van der Waals surface area (Å²) in [6.45, 7) is 0.170. The zero-order chi connectivity index (χ0) is 22.5. The minimum absolute atomic E-state index is 0.00549. The standard InChI is InChI=1S/C18H23BrN2O8S/c1-26-12-6-5-10(16(27-2)17(12)28-3)13-11(9-20-7-8-30(23,24)25)21-15(14(13)19)18(22)29-4/h5-6,20-21H,7-9H2,1-4H3,(H,23,24,25). The Morgan fingerprint density at radius 2 is 1.80 bits per heavy atom. The summed E-state index contributed by atoms with van der Waals surface area (Å²) in [5.41, 5.74) is 1.92. The van der Waals surface area contributed by atoms with Gasteiger partial charge >= 0.3 is 5.97 Å². The smallest absolute Gasteiger partial charge is 0.355 e. The molecule has 0 unspecified atom stereocenters. The fourth-order valence-electron chi connectivity index (χ4n) is 2.89. The predicted molar refractivity (Wildman–Crippen MR) is 113 cm³/mol. The molecule has 1 aromatic carbocycles. The monoisotopic (exact) mass is 506 g/mol. The van der Waals surface area contributed by atoms with Gasteiger partial charge in [0.15, 0.2) is 11.5 Å². The van der Waals surface area contributed by atoms with Gasteiger partial charge in [-0.05, 0) is 28.1 Å². The second-order valence-electron chi connectivity index (χ2n) is 6.00. The van der Waals surface area contributed by atoms with Gasteiger partial charge in [0.2, 0.25) is 5.75 Å². The molecule has 0 radical (unpaired) electrons. The van der Waals surface area contributed by atoms with E-state index in [1.165, 1.54) is 28.4 Å². The Morgan fingerprint density at radius 1 is 1.13 bits per heavy atom. The van der Waals surface area contributed by atoms with Crippen LogP contribution < -0.4 is 19.5 Å². The van der Waals surface area contributed by atoms with Gasteiger partial charge in [0, 0.05) is 29.9 Å². The number of nitrogens with one attached hydrogen (secondary N) is 2. The summed E-state index contributed by atoms with van der Waals surface area (Å²) in [4.78, 5) is 15.2. The van der Waals surface area contributed by atoms with Crippen molar-refractivity contribution in [2.24, 2.45) is 0 Å². The van der Waals surface area contributed by atoms with Crippen molar-refractivity contribution in [1.29, 1.82) is 0 Å². The lowest BCUT2D eigenvalue weighted by Gasteiger charge is -2.16. The summed E-state index contributed by atoms with van der Waals surface area (Å²) in [6.07, 6.45) is 0. The molecule has 2 aromatic rings. The Labute approximate surface area is 182 Å². The minimum atomic E-state index is -4.10. The van der Waals surface area contributed by atoms with Crippen LogP contribution in [0.4, 0.5) is 0 Å². The third kappa shape index (κ3) is 5.25. The molecule has 2 rings (SSSR count). The number of hydrogen-bond acceptors (Lipinski definition) is 8. The molecule has 12 heteroatoms. The number of rotatable bonds is 10. The Bertz CT molecular complexity index is 1020. The predicted octanol–water partition coefficient (Wildman–Crippen LogP) is 2.23. The fourth-order valence-corrected chi connectivity index (χ4v) is 4.01. The quantitative estimate of drug-likeness (QED) is 0.251. The first-order valence-corrected chi connectivity index (χ1v) is 11.0. The first-order valence-electron chi connectivity index (χ1n) is 8.62. The lowest BCUT2D eigenvalue weighted by atomic mass is 10.0. The Balaban J connectivity index is 2.57. The topological polar surface area (TPSA) is 136 Å². The van der Waals surface area contributed by atoms with E-state index in [0.29, 0.717) is 38.5 Å². The number of esters is 1. The molecule has 3 N–H and O–H groups in total. The minimum Gasteiger partial charge on any atom is -0.493 e. The maximum atomic E-state index is 12.2. The molecule has 30 heavy (non-hydrogen) atoms. The molecular weight excluding hydrogens is 484 g/mol. The number of hydrogen-bond donors (Lipinski definition) is 3. The number of methoxy groups -OCH3 is 4. The van der Waals surface area contributed by atoms with E-state index in [9.17, 15) is 13.2 Å². The van der Waals surface area contributed by atoms with Crippen molar-refractivity contribution in [2.45, 2.75) is 6.54 Å². The molecule has 0 saturated heterocycles. The van der Waals surface area contributed by atoms with E-state index in [-0.39, 0.29) is 18.8 Å². The van der Waals surface area contributed by atoms with Gasteiger partial charge in [-0.3, -0.25) is 4.55 Å². The highest BCUT2D eigenvalue weighted by Crippen LogP contribution is 2.47. The van der Waals surface area contributed by atoms with Crippen molar-refractivity contribution in [3.63, 3.8) is 0 Å². The summed E-state index contributed by atoms with van der Waals surface area (Å²) in [5, 5.41) is 2.91. The van der Waals surface area contributed by atoms with Crippen LogP contribution >= 0.6 is 15.9 Å². The molecule has 0 bridgehead atoms. The third-order valence-electron chi connectivity index (χ3n) is 4.22. The first kappa shape index (κ1) is 24.0. The van der Waals surface area contributed by atoms with Crippen LogP contribution in [0.3, 0.4) is 0 Å². The Morgan fingerprint density at radius 3 is 2.33 bits per heavy atom. The van der Waals surface area contributed by atoms with Crippen LogP contribution in [-0.4, -0.2) is 64.7 Å². The molecule has 166 valence electrons. The largest absolute Gasteiger partial charge is 0.493 e. The Hall–Kier alpha value is -2.28. The summed E-state index contributed by atoms with van der Waals surface area (Å²) >= 11 is 3.44. The average Bonchev–Trinajstić information content (AvgIpc) is 3.04. The number of carbonyl (C=O) groups excluding carboxylic acids is 1. The number of benzene rings is 1. The summed E-state index contributed by atoms with van der Waals surface area (Å²) < 4.78 is 52.3. The molecule has 1 aromatic heterocycles. The van der Waals surface area contributed by atoms with E-state index in [1.54, 1.807) is 12.1 Å². The van der Waals surface area contributed by atoms with Crippen LogP contribution in [0.2, 0.25) is 0 Å². The van der Waals surface area contributed by atoms with E-state index in [2.05, 4.69) is 26.2 Å². The molecule has 0 saturated carbocycles. The molecule has 0 aliphatic rings. The van der Waals surface area contributed by atoms with Crippen LogP contribution in [-0.2, 0) is 21.4 Å². The van der Waals surface area contributed by atoms with Gasteiger partial charge in [0.05, 0.1) is 38.7 Å². The average molecular weight is 507 g/mol. The van der Waals surface area contributed by atoms with Gasteiger partial charge in [0.1, 0.15) is 5.69 Å². The highest BCUT2D eigenvalue weighted by molar-refractivity contribution is 9.10. The highest BCUT2D eigenvalue weighted by Gasteiger charge is 2.26. The van der Waals surface area contributed by atoms with Crippen LogP contribution in [0.15, 0.2) is 16.6 Å². The van der Waals surface area contributed by atoms with Crippen molar-refractivity contribution in [3.05, 3.63) is 28.0 Å². The number of carbonyl (C=O) groups is 1. The van der Waals surface area contributed by atoms with Crippen molar-refractivity contribution in [3.8, 4) is 28.4 Å².